The molecule has 11 heteroatoms. The summed E-state index contributed by atoms with van der Waals surface area (Å²) in [7, 11) is 0. The summed E-state index contributed by atoms with van der Waals surface area (Å²) in [5.41, 5.74) is 4.91. The van der Waals surface area contributed by atoms with Crippen LogP contribution < -0.4 is 9.80 Å². The maximum absolute atomic E-state index is 13.3. The molecule has 10 nitrogen and oxygen atoms in total. The van der Waals surface area contributed by atoms with Gasteiger partial charge in [0.15, 0.2) is 5.82 Å². The minimum Gasteiger partial charge on any atom is -0.391 e. The third-order valence-corrected chi connectivity index (χ3v) is 7.19. The van der Waals surface area contributed by atoms with E-state index in [-0.39, 0.29) is 11.7 Å². The van der Waals surface area contributed by atoms with Crippen molar-refractivity contribution in [2.75, 3.05) is 36.0 Å². The van der Waals surface area contributed by atoms with E-state index in [0.717, 1.165) is 59.8 Å². The summed E-state index contributed by atoms with van der Waals surface area (Å²) in [5, 5.41) is 18.4. The Hall–Kier alpha value is -4.38. The van der Waals surface area contributed by atoms with E-state index in [2.05, 4.69) is 47.9 Å². The second-order valence-electron chi connectivity index (χ2n) is 10.0. The van der Waals surface area contributed by atoms with Gasteiger partial charge in [-0.25, -0.2) is 23.9 Å². The number of hydrogen-bond donors (Lipinski definition) is 1. The molecular weight excluding hydrogens is 497 g/mol. The standard InChI is InChI=1S/C28H30FN9O/c1-19(39)15-37-16-24(14-33-37)22-11-26-27(32-18-34-38(26)17-22)35-7-9-36(10-8-35)28-30-12-23(13-31-28)20(2)21-3-5-25(29)6-4-21/h3-6,11-14,16-20,39H,7-10,15H2,1-2H3. The number of fused-ring (bicyclic) bond motifs is 1. The summed E-state index contributed by atoms with van der Waals surface area (Å²) in [6, 6.07) is 8.64. The number of aliphatic hydroxyl groups is 1. The van der Waals surface area contributed by atoms with Crippen molar-refractivity contribution in [3.05, 3.63) is 84.6 Å². The van der Waals surface area contributed by atoms with Gasteiger partial charge in [0.2, 0.25) is 5.95 Å². The fourth-order valence-electron chi connectivity index (χ4n) is 4.98. The van der Waals surface area contributed by atoms with E-state index in [1.54, 1.807) is 36.3 Å². The van der Waals surface area contributed by atoms with Crippen LogP contribution in [0.25, 0.3) is 16.6 Å². The average molecular weight is 528 g/mol. The SMILES string of the molecule is CC(O)Cn1cc(-c2cc3c(N4CCN(c5ncc(C(C)c6ccc(F)cc6)cn5)CC4)ncnn3c2)cn1. The number of halogens is 1. The third kappa shape index (κ3) is 5.17. The molecule has 5 heterocycles. The zero-order chi connectivity index (χ0) is 26.9. The lowest BCUT2D eigenvalue weighted by atomic mass is 9.95. The highest BCUT2D eigenvalue weighted by molar-refractivity contribution is 5.77. The Morgan fingerprint density at radius 2 is 1.56 bits per heavy atom. The van der Waals surface area contributed by atoms with Gasteiger partial charge < -0.3 is 14.9 Å². The smallest absolute Gasteiger partial charge is 0.225 e. The molecule has 1 fully saturated rings. The monoisotopic (exact) mass is 527 g/mol. The van der Waals surface area contributed by atoms with E-state index in [1.165, 1.54) is 12.1 Å². The van der Waals surface area contributed by atoms with Gasteiger partial charge in [-0.05, 0) is 36.2 Å². The molecule has 6 rings (SSSR count). The summed E-state index contributed by atoms with van der Waals surface area (Å²) in [5.74, 6) is 1.43. The van der Waals surface area contributed by atoms with Crippen molar-refractivity contribution in [3.63, 3.8) is 0 Å². The van der Waals surface area contributed by atoms with Crippen LogP contribution >= 0.6 is 0 Å². The summed E-state index contributed by atoms with van der Waals surface area (Å²) >= 11 is 0. The van der Waals surface area contributed by atoms with Crippen LogP contribution in [0.2, 0.25) is 0 Å². The van der Waals surface area contributed by atoms with Crippen LogP contribution in [0.3, 0.4) is 0 Å². The van der Waals surface area contributed by atoms with Crippen LogP contribution in [0.1, 0.15) is 30.9 Å². The van der Waals surface area contributed by atoms with Gasteiger partial charge in [0.05, 0.1) is 18.8 Å². The number of aromatic nitrogens is 7. The molecule has 39 heavy (non-hydrogen) atoms. The number of benzene rings is 1. The molecule has 1 saturated heterocycles. The summed E-state index contributed by atoms with van der Waals surface area (Å²) in [6.07, 6.45) is 10.6. The van der Waals surface area contributed by atoms with Gasteiger partial charge in [0, 0.05) is 68.0 Å². The number of hydrogen-bond acceptors (Lipinski definition) is 8. The lowest BCUT2D eigenvalue weighted by molar-refractivity contribution is 0.168. The van der Waals surface area contributed by atoms with Gasteiger partial charge in [-0.15, -0.1) is 0 Å². The summed E-state index contributed by atoms with van der Waals surface area (Å²) < 4.78 is 16.9. The first-order valence-electron chi connectivity index (χ1n) is 13.1. The minimum atomic E-state index is -0.463. The molecule has 1 aromatic carbocycles. The lowest BCUT2D eigenvalue weighted by Gasteiger charge is -2.35. The van der Waals surface area contributed by atoms with E-state index in [4.69, 9.17) is 0 Å². The number of aliphatic hydroxyl groups excluding tert-OH is 1. The highest BCUT2D eigenvalue weighted by Crippen LogP contribution is 2.28. The predicted octanol–water partition coefficient (Wildman–Crippen LogP) is 3.38. The molecule has 2 atom stereocenters. The maximum atomic E-state index is 13.3. The first-order valence-corrected chi connectivity index (χ1v) is 13.1. The van der Waals surface area contributed by atoms with Crippen molar-refractivity contribution in [3.8, 4) is 11.1 Å². The van der Waals surface area contributed by atoms with Crippen LogP contribution in [0.5, 0.6) is 0 Å². The Kier molecular flexibility index (Phi) is 6.65. The van der Waals surface area contributed by atoms with Crippen molar-refractivity contribution in [2.24, 2.45) is 0 Å². The fraction of sp³-hybridized carbons (Fsp3) is 0.321. The Balaban J connectivity index is 1.14. The predicted molar refractivity (Wildman–Crippen MR) is 146 cm³/mol. The molecule has 0 amide bonds. The quantitative estimate of drug-likeness (QED) is 0.344. The van der Waals surface area contributed by atoms with Crippen molar-refractivity contribution in [1.82, 2.24) is 34.3 Å². The zero-order valence-corrected chi connectivity index (χ0v) is 21.9. The number of nitrogens with zero attached hydrogens (tertiary/aromatic N) is 9. The molecule has 0 radical (unpaired) electrons. The summed E-state index contributed by atoms with van der Waals surface area (Å²) in [6.45, 7) is 7.34. The molecule has 1 N–H and O–H groups in total. The molecule has 0 saturated carbocycles. The lowest BCUT2D eigenvalue weighted by Crippen LogP contribution is -2.47. The van der Waals surface area contributed by atoms with Gasteiger partial charge in [-0.1, -0.05) is 19.1 Å². The maximum Gasteiger partial charge on any atom is 0.225 e. The molecule has 2 unspecified atom stereocenters. The van der Waals surface area contributed by atoms with E-state index >= 15 is 0 Å². The molecule has 200 valence electrons. The zero-order valence-electron chi connectivity index (χ0n) is 21.9. The molecule has 1 aliphatic rings. The number of anilines is 2. The Morgan fingerprint density at radius 3 is 2.28 bits per heavy atom. The first-order chi connectivity index (χ1) is 18.9. The Morgan fingerprint density at radius 1 is 0.846 bits per heavy atom. The second kappa shape index (κ2) is 10.4. The van der Waals surface area contributed by atoms with Crippen molar-refractivity contribution >= 4 is 17.3 Å². The molecule has 0 aliphatic carbocycles. The van der Waals surface area contributed by atoms with Crippen LogP contribution in [0.4, 0.5) is 16.2 Å². The highest BCUT2D eigenvalue weighted by Gasteiger charge is 2.23. The molecule has 0 spiro atoms. The number of piperazine rings is 1. The molecule has 4 aromatic heterocycles. The molecular formula is C28H30FN9O. The van der Waals surface area contributed by atoms with Crippen LogP contribution in [0.15, 0.2) is 67.6 Å². The Labute approximate surface area is 225 Å². The average Bonchev–Trinajstić information content (AvgIpc) is 3.60. The minimum absolute atomic E-state index is 0.0798. The summed E-state index contributed by atoms with van der Waals surface area (Å²) in [4.78, 5) is 18.3. The fourth-order valence-corrected chi connectivity index (χ4v) is 4.98. The largest absolute Gasteiger partial charge is 0.391 e. The van der Waals surface area contributed by atoms with Gasteiger partial charge in [0.25, 0.3) is 0 Å². The highest BCUT2D eigenvalue weighted by atomic mass is 19.1. The van der Waals surface area contributed by atoms with Gasteiger partial charge in [-0.3, -0.25) is 4.68 Å². The molecule has 5 aromatic rings. The van der Waals surface area contributed by atoms with Crippen molar-refractivity contribution < 1.29 is 9.50 Å². The molecule has 1 aliphatic heterocycles. The molecule has 0 bridgehead atoms. The van der Waals surface area contributed by atoms with Gasteiger partial charge in [-0.2, -0.15) is 10.2 Å². The van der Waals surface area contributed by atoms with E-state index < -0.39 is 6.10 Å². The van der Waals surface area contributed by atoms with E-state index in [0.29, 0.717) is 12.5 Å². The van der Waals surface area contributed by atoms with Crippen LogP contribution in [0, 0.1) is 5.82 Å². The van der Waals surface area contributed by atoms with Crippen molar-refractivity contribution in [2.45, 2.75) is 32.4 Å². The van der Waals surface area contributed by atoms with E-state index in [1.807, 2.05) is 29.3 Å². The topological polar surface area (TPSA) is 100 Å². The van der Waals surface area contributed by atoms with E-state index in [9.17, 15) is 9.50 Å². The van der Waals surface area contributed by atoms with Gasteiger partial charge in [0.1, 0.15) is 17.7 Å². The second-order valence-corrected chi connectivity index (χ2v) is 10.0. The third-order valence-electron chi connectivity index (χ3n) is 7.19. The first kappa shape index (κ1) is 24.9. The number of rotatable bonds is 7. The van der Waals surface area contributed by atoms with Crippen LogP contribution in [-0.2, 0) is 6.54 Å². The Bertz CT molecular complexity index is 1550. The van der Waals surface area contributed by atoms with Crippen molar-refractivity contribution in [1.29, 1.82) is 0 Å². The normalized spacial score (nSPS) is 15.6. The van der Waals surface area contributed by atoms with Gasteiger partial charge >= 0.3 is 0 Å². The van der Waals surface area contributed by atoms with Crippen LogP contribution in [-0.4, -0.2) is 71.7 Å².